The quantitative estimate of drug-likeness (QED) is 0.585. The van der Waals surface area contributed by atoms with Gasteiger partial charge in [0.05, 0.1) is 12.6 Å². The number of aromatic nitrogens is 3. The van der Waals surface area contributed by atoms with Crippen LogP contribution in [-0.4, -0.2) is 26.5 Å². The average Bonchev–Trinajstić information content (AvgIpc) is 2.40. The standard InChI is InChI=1S/C7H11N3OS.CH4/c1-5-7(2,11-5)3-10-6(12)8-4-9-10;/h4-5H,3H2,1-2H3,(H,8,9,12);1H4. The van der Waals surface area contributed by atoms with Gasteiger partial charge in [-0.3, -0.25) is 9.78 Å². The van der Waals surface area contributed by atoms with E-state index in [1.165, 1.54) is 0 Å². The Morgan fingerprint density at radius 2 is 2.46 bits per heavy atom. The molecule has 1 aliphatic heterocycles. The third-order valence-electron chi connectivity index (χ3n) is 2.34. The molecule has 0 aliphatic carbocycles. The summed E-state index contributed by atoms with van der Waals surface area (Å²) >= 11 is 4.98. The lowest BCUT2D eigenvalue weighted by atomic mass is 10.1. The number of epoxide rings is 1. The molecule has 0 saturated carbocycles. The summed E-state index contributed by atoms with van der Waals surface area (Å²) in [6.45, 7) is 4.88. The van der Waals surface area contributed by atoms with Gasteiger partial charge in [-0.2, -0.15) is 0 Å². The first-order valence-electron chi connectivity index (χ1n) is 3.90. The summed E-state index contributed by atoms with van der Waals surface area (Å²) in [5.41, 5.74) is -0.0508. The Balaban J connectivity index is 0.000000845. The minimum absolute atomic E-state index is 0. The summed E-state index contributed by atoms with van der Waals surface area (Å²) in [7, 11) is 0. The maximum atomic E-state index is 5.42. The maximum Gasteiger partial charge on any atom is 0.215 e. The third kappa shape index (κ3) is 1.81. The lowest BCUT2D eigenvalue weighted by molar-refractivity contribution is 0.277. The van der Waals surface area contributed by atoms with Crippen LogP contribution in [0.25, 0.3) is 0 Å². The number of nitrogens with zero attached hydrogens (tertiary/aromatic N) is 2. The van der Waals surface area contributed by atoms with Crippen LogP contribution in [0.5, 0.6) is 0 Å². The van der Waals surface area contributed by atoms with E-state index in [1.807, 2.05) is 4.68 Å². The number of hydrogen-bond donors (Lipinski definition) is 1. The van der Waals surface area contributed by atoms with Gasteiger partial charge in [-0.05, 0) is 26.1 Å². The van der Waals surface area contributed by atoms with Gasteiger partial charge in [0.25, 0.3) is 0 Å². The molecule has 4 nitrogen and oxygen atoms in total. The Labute approximate surface area is 82.9 Å². The zero-order valence-electron chi connectivity index (χ0n) is 7.07. The molecule has 2 rings (SSSR count). The second-order valence-electron chi connectivity index (χ2n) is 3.33. The molecule has 1 aliphatic rings. The molecule has 2 heterocycles. The Morgan fingerprint density at radius 3 is 2.85 bits per heavy atom. The largest absolute Gasteiger partial charge is 0.365 e. The van der Waals surface area contributed by atoms with Crippen LogP contribution in [0.3, 0.4) is 0 Å². The highest BCUT2D eigenvalue weighted by molar-refractivity contribution is 7.71. The van der Waals surface area contributed by atoms with Gasteiger partial charge >= 0.3 is 0 Å². The van der Waals surface area contributed by atoms with Crippen molar-refractivity contribution in [1.82, 2.24) is 14.8 Å². The van der Waals surface area contributed by atoms with E-state index in [1.54, 1.807) is 6.33 Å². The Hall–Kier alpha value is -0.680. The Bertz CT molecular complexity index is 345. The smallest absolute Gasteiger partial charge is 0.215 e. The van der Waals surface area contributed by atoms with Crippen molar-refractivity contribution in [3.05, 3.63) is 11.1 Å². The zero-order chi connectivity index (χ0) is 8.77. The molecule has 0 radical (unpaired) electrons. The van der Waals surface area contributed by atoms with Gasteiger partial charge in [0, 0.05) is 0 Å². The van der Waals surface area contributed by atoms with Gasteiger partial charge in [0.1, 0.15) is 11.9 Å². The molecule has 2 unspecified atom stereocenters. The van der Waals surface area contributed by atoms with E-state index in [0.29, 0.717) is 10.9 Å². The molecule has 1 fully saturated rings. The molecule has 5 heteroatoms. The number of rotatable bonds is 2. The van der Waals surface area contributed by atoms with Crippen LogP contribution in [0.1, 0.15) is 21.3 Å². The molecular weight excluding hydrogens is 186 g/mol. The highest BCUT2D eigenvalue weighted by Gasteiger charge is 2.49. The van der Waals surface area contributed by atoms with E-state index in [2.05, 4.69) is 23.9 Å². The van der Waals surface area contributed by atoms with Crippen molar-refractivity contribution in [1.29, 1.82) is 0 Å². The monoisotopic (exact) mass is 201 g/mol. The van der Waals surface area contributed by atoms with Crippen molar-refractivity contribution >= 4 is 12.2 Å². The lowest BCUT2D eigenvalue weighted by Gasteiger charge is -2.05. The van der Waals surface area contributed by atoms with E-state index in [-0.39, 0.29) is 13.0 Å². The van der Waals surface area contributed by atoms with Gasteiger partial charge in [-0.1, -0.05) is 7.43 Å². The molecule has 0 spiro atoms. The summed E-state index contributed by atoms with van der Waals surface area (Å²) in [5.74, 6) is 0. The molecule has 0 amide bonds. The molecule has 0 bridgehead atoms. The van der Waals surface area contributed by atoms with E-state index in [9.17, 15) is 0 Å². The van der Waals surface area contributed by atoms with E-state index < -0.39 is 0 Å². The van der Waals surface area contributed by atoms with Crippen LogP contribution in [-0.2, 0) is 11.3 Å². The molecule has 13 heavy (non-hydrogen) atoms. The number of ether oxygens (including phenoxy) is 1. The minimum Gasteiger partial charge on any atom is -0.365 e. The Kier molecular flexibility index (Phi) is 2.58. The first-order valence-corrected chi connectivity index (χ1v) is 4.31. The summed E-state index contributed by atoms with van der Waals surface area (Å²) in [5, 5.41) is 2.94. The second kappa shape index (κ2) is 3.23. The fourth-order valence-corrected chi connectivity index (χ4v) is 1.41. The molecule has 2 atom stereocenters. The lowest BCUT2D eigenvalue weighted by Crippen LogP contribution is -2.18. The van der Waals surface area contributed by atoms with Gasteiger partial charge in [0.2, 0.25) is 4.77 Å². The fourth-order valence-electron chi connectivity index (χ4n) is 1.24. The van der Waals surface area contributed by atoms with Gasteiger partial charge in [0.15, 0.2) is 0 Å². The molecule has 0 aromatic carbocycles. The van der Waals surface area contributed by atoms with Crippen LogP contribution in [0, 0.1) is 4.77 Å². The normalized spacial score (nSPS) is 31.1. The van der Waals surface area contributed by atoms with Crippen LogP contribution >= 0.6 is 12.2 Å². The summed E-state index contributed by atoms with van der Waals surface area (Å²) < 4.78 is 7.82. The highest BCUT2D eigenvalue weighted by atomic mass is 32.1. The van der Waals surface area contributed by atoms with Crippen LogP contribution < -0.4 is 0 Å². The van der Waals surface area contributed by atoms with Crippen molar-refractivity contribution < 1.29 is 4.74 Å². The van der Waals surface area contributed by atoms with Gasteiger partial charge in [-0.25, -0.2) is 4.98 Å². The van der Waals surface area contributed by atoms with E-state index in [4.69, 9.17) is 17.0 Å². The summed E-state index contributed by atoms with van der Waals surface area (Å²) in [4.78, 5) is 3.92. The minimum atomic E-state index is -0.0508. The second-order valence-corrected chi connectivity index (χ2v) is 3.69. The van der Waals surface area contributed by atoms with Crippen LogP contribution in [0.2, 0.25) is 0 Å². The van der Waals surface area contributed by atoms with Gasteiger partial charge in [-0.15, -0.1) is 0 Å². The molecule has 1 N–H and O–H groups in total. The highest BCUT2D eigenvalue weighted by Crippen LogP contribution is 2.36. The fraction of sp³-hybridized carbons (Fsp3) is 0.750. The first kappa shape index (κ1) is 10.4. The molecular formula is C8H15N3OS. The Morgan fingerprint density at radius 1 is 1.85 bits per heavy atom. The topological polar surface area (TPSA) is 46.1 Å². The molecule has 1 saturated heterocycles. The number of H-pyrrole nitrogens is 1. The zero-order valence-corrected chi connectivity index (χ0v) is 7.89. The van der Waals surface area contributed by atoms with Crippen LogP contribution in [0.15, 0.2) is 6.33 Å². The summed E-state index contributed by atoms with van der Waals surface area (Å²) in [6.07, 6.45) is 1.92. The predicted octanol–water partition coefficient (Wildman–Crippen LogP) is 1.75. The molecule has 74 valence electrons. The van der Waals surface area contributed by atoms with E-state index >= 15 is 0 Å². The first-order chi connectivity index (χ1) is 5.62. The number of hydrogen-bond acceptors (Lipinski definition) is 3. The van der Waals surface area contributed by atoms with Crippen molar-refractivity contribution in [2.75, 3.05) is 0 Å². The SMILES string of the molecule is C.CC1OC1(C)Cn1[nH]cnc1=S. The third-order valence-corrected chi connectivity index (χ3v) is 2.67. The molecule has 1 aromatic rings. The van der Waals surface area contributed by atoms with Crippen LogP contribution in [0.4, 0.5) is 0 Å². The molecule has 1 aromatic heterocycles. The predicted molar refractivity (Wildman–Crippen MR) is 53.1 cm³/mol. The van der Waals surface area contributed by atoms with Crippen molar-refractivity contribution in [2.45, 2.75) is 39.5 Å². The van der Waals surface area contributed by atoms with Gasteiger partial charge < -0.3 is 4.74 Å². The van der Waals surface area contributed by atoms with E-state index in [0.717, 1.165) is 6.54 Å². The average molecular weight is 201 g/mol. The summed E-state index contributed by atoms with van der Waals surface area (Å²) in [6, 6.07) is 0. The number of aromatic amines is 1. The number of nitrogens with one attached hydrogen (secondary N) is 1. The van der Waals surface area contributed by atoms with Crippen molar-refractivity contribution in [2.24, 2.45) is 0 Å². The maximum absolute atomic E-state index is 5.42. The van der Waals surface area contributed by atoms with Crippen molar-refractivity contribution in [3.63, 3.8) is 0 Å². The van der Waals surface area contributed by atoms with Crippen molar-refractivity contribution in [3.8, 4) is 0 Å².